The van der Waals surface area contributed by atoms with Crippen LogP contribution in [0.1, 0.15) is 30.4 Å². The van der Waals surface area contributed by atoms with Gasteiger partial charge in [0.1, 0.15) is 10.4 Å². The standard InChI is InChI=1S/C16H17Cl2NO/c1-2-16(20,13-9-6-10-19-11-13)14(15(17)18)12-7-4-3-5-8-12/h3-11,14-15,20H,2H2,1H3. The molecule has 4 heteroatoms. The van der Waals surface area contributed by atoms with Crippen LogP contribution in [-0.2, 0) is 5.60 Å². The van der Waals surface area contributed by atoms with E-state index in [1.165, 1.54) is 0 Å². The predicted molar refractivity (Wildman–Crippen MR) is 83.1 cm³/mol. The Balaban J connectivity index is 2.51. The molecule has 0 fully saturated rings. The zero-order chi connectivity index (χ0) is 14.6. The van der Waals surface area contributed by atoms with E-state index >= 15 is 0 Å². The number of halogens is 2. The van der Waals surface area contributed by atoms with Gasteiger partial charge in [0, 0.05) is 23.9 Å². The van der Waals surface area contributed by atoms with Gasteiger partial charge in [-0.15, -0.1) is 23.2 Å². The average Bonchev–Trinajstić information content (AvgIpc) is 2.49. The van der Waals surface area contributed by atoms with Gasteiger partial charge >= 0.3 is 0 Å². The van der Waals surface area contributed by atoms with Crippen LogP contribution >= 0.6 is 23.2 Å². The zero-order valence-corrected chi connectivity index (χ0v) is 12.7. The van der Waals surface area contributed by atoms with E-state index < -0.39 is 16.4 Å². The molecule has 1 N–H and O–H groups in total. The van der Waals surface area contributed by atoms with Crippen LogP contribution in [0.3, 0.4) is 0 Å². The highest BCUT2D eigenvalue weighted by Gasteiger charge is 2.41. The molecule has 0 saturated carbocycles. The summed E-state index contributed by atoms with van der Waals surface area (Å²) in [5.74, 6) is -0.416. The van der Waals surface area contributed by atoms with Crippen molar-refractivity contribution in [3.05, 3.63) is 66.0 Å². The first-order chi connectivity index (χ1) is 9.59. The first kappa shape index (κ1) is 15.3. The fraction of sp³-hybridized carbons (Fsp3) is 0.312. The number of benzene rings is 1. The minimum absolute atomic E-state index is 0.416. The van der Waals surface area contributed by atoms with Crippen molar-refractivity contribution >= 4 is 23.2 Å². The third kappa shape index (κ3) is 2.98. The third-order valence-corrected chi connectivity index (χ3v) is 4.13. The summed E-state index contributed by atoms with van der Waals surface area (Å²) in [7, 11) is 0. The Bertz CT molecular complexity index is 533. The number of hydrogen-bond acceptors (Lipinski definition) is 2. The van der Waals surface area contributed by atoms with Gasteiger partial charge in [-0.25, -0.2) is 0 Å². The van der Waals surface area contributed by atoms with Crippen LogP contribution in [-0.4, -0.2) is 14.9 Å². The van der Waals surface area contributed by atoms with Crippen molar-refractivity contribution in [2.75, 3.05) is 0 Å². The normalized spacial score (nSPS) is 15.8. The van der Waals surface area contributed by atoms with Crippen LogP contribution in [0.2, 0.25) is 0 Å². The minimum atomic E-state index is -1.15. The summed E-state index contributed by atoms with van der Waals surface area (Å²) >= 11 is 12.4. The van der Waals surface area contributed by atoms with Gasteiger partial charge in [0.2, 0.25) is 0 Å². The second-order valence-corrected chi connectivity index (χ2v) is 5.91. The molecule has 0 bridgehead atoms. The second-order valence-electron chi connectivity index (χ2n) is 4.74. The summed E-state index contributed by atoms with van der Waals surface area (Å²) in [5.41, 5.74) is 0.488. The molecule has 0 spiro atoms. The van der Waals surface area contributed by atoms with Crippen LogP contribution in [0.4, 0.5) is 0 Å². The van der Waals surface area contributed by atoms with E-state index in [9.17, 15) is 5.11 Å². The summed E-state index contributed by atoms with van der Waals surface area (Å²) in [4.78, 5) is 3.37. The minimum Gasteiger partial charge on any atom is -0.384 e. The second kappa shape index (κ2) is 6.57. The zero-order valence-electron chi connectivity index (χ0n) is 11.2. The van der Waals surface area contributed by atoms with Gasteiger partial charge in [-0.2, -0.15) is 0 Å². The molecule has 2 nitrogen and oxygen atoms in total. The number of hydrogen-bond donors (Lipinski definition) is 1. The van der Waals surface area contributed by atoms with Crippen LogP contribution in [0.25, 0.3) is 0 Å². The molecule has 1 aromatic heterocycles. The molecule has 106 valence electrons. The highest BCUT2D eigenvalue weighted by Crippen LogP contribution is 2.44. The van der Waals surface area contributed by atoms with Gasteiger partial charge < -0.3 is 5.11 Å². The van der Waals surface area contributed by atoms with E-state index in [2.05, 4.69) is 4.98 Å². The van der Waals surface area contributed by atoms with Gasteiger partial charge in [-0.3, -0.25) is 4.98 Å². The van der Waals surface area contributed by atoms with Gasteiger partial charge in [0.15, 0.2) is 0 Å². The Morgan fingerprint density at radius 2 is 1.85 bits per heavy atom. The molecular weight excluding hydrogens is 293 g/mol. The van der Waals surface area contributed by atoms with Crippen molar-refractivity contribution in [2.45, 2.75) is 29.7 Å². The lowest BCUT2D eigenvalue weighted by atomic mass is 9.77. The van der Waals surface area contributed by atoms with Gasteiger partial charge in [-0.1, -0.05) is 43.3 Å². The molecule has 2 rings (SSSR count). The summed E-state index contributed by atoms with van der Waals surface area (Å²) < 4.78 is 0. The molecule has 0 amide bonds. The summed E-state index contributed by atoms with van der Waals surface area (Å²) in [6.07, 6.45) is 3.83. The molecule has 0 aliphatic carbocycles. The van der Waals surface area contributed by atoms with E-state index in [4.69, 9.17) is 23.2 Å². The number of alkyl halides is 2. The quantitative estimate of drug-likeness (QED) is 0.837. The first-order valence-electron chi connectivity index (χ1n) is 6.55. The van der Waals surface area contributed by atoms with Gasteiger partial charge in [0.05, 0.1) is 0 Å². The van der Waals surface area contributed by atoms with Gasteiger partial charge in [0.25, 0.3) is 0 Å². The first-order valence-corrected chi connectivity index (χ1v) is 7.43. The third-order valence-electron chi connectivity index (χ3n) is 3.63. The van der Waals surface area contributed by atoms with Crippen LogP contribution in [0.15, 0.2) is 54.9 Å². The largest absolute Gasteiger partial charge is 0.384 e. The maximum Gasteiger partial charge on any atom is 0.117 e. The predicted octanol–water partition coefficient (Wildman–Crippen LogP) is 4.27. The van der Waals surface area contributed by atoms with Crippen molar-refractivity contribution in [3.8, 4) is 0 Å². The van der Waals surface area contributed by atoms with E-state index in [0.29, 0.717) is 6.42 Å². The molecule has 2 aromatic rings. The Morgan fingerprint density at radius 3 is 2.35 bits per heavy atom. The maximum absolute atomic E-state index is 11.2. The Kier molecular flexibility index (Phi) is 5.03. The molecule has 0 aliphatic heterocycles. The molecule has 0 aliphatic rings. The number of aromatic nitrogens is 1. The summed E-state index contributed by atoms with van der Waals surface area (Å²) in [5, 5.41) is 11.2. The van der Waals surface area contributed by atoms with Crippen molar-refractivity contribution in [3.63, 3.8) is 0 Å². The maximum atomic E-state index is 11.2. The number of rotatable bonds is 5. The van der Waals surface area contributed by atoms with Crippen molar-refractivity contribution < 1.29 is 5.11 Å². The van der Waals surface area contributed by atoms with Crippen LogP contribution in [0.5, 0.6) is 0 Å². The number of aliphatic hydroxyl groups is 1. The summed E-state index contributed by atoms with van der Waals surface area (Å²) in [6.45, 7) is 1.92. The number of nitrogens with zero attached hydrogens (tertiary/aromatic N) is 1. The molecule has 1 aromatic carbocycles. The molecule has 0 saturated heterocycles. The molecule has 2 unspecified atom stereocenters. The van der Waals surface area contributed by atoms with E-state index in [1.54, 1.807) is 18.5 Å². The average molecular weight is 310 g/mol. The highest BCUT2D eigenvalue weighted by atomic mass is 35.5. The van der Waals surface area contributed by atoms with E-state index in [0.717, 1.165) is 11.1 Å². The molecule has 20 heavy (non-hydrogen) atoms. The number of pyridine rings is 1. The Morgan fingerprint density at radius 1 is 1.15 bits per heavy atom. The Hall–Kier alpha value is -1.09. The summed E-state index contributed by atoms with van der Waals surface area (Å²) in [6, 6.07) is 13.3. The lowest BCUT2D eigenvalue weighted by molar-refractivity contribution is 0.00649. The van der Waals surface area contributed by atoms with Crippen LogP contribution in [0, 0.1) is 0 Å². The Labute approximate surface area is 129 Å². The van der Waals surface area contributed by atoms with Crippen LogP contribution < -0.4 is 0 Å². The van der Waals surface area contributed by atoms with Gasteiger partial charge in [-0.05, 0) is 18.1 Å². The smallest absolute Gasteiger partial charge is 0.117 e. The lowest BCUT2D eigenvalue weighted by Gasteiger charge is -2.37. The highest BCUT2D eigenvalue weighted by molar-refractivity contribution is 6.44. The fourth-order valence-corrected chi connectivity index (χ4v) is 3.22. The molecule has 2 atom stereocenters. The van der Waals surface area contributed by atoms with Crippen molar-refractivity contribution in [1.29, 1.82) is 0 Å². The van der Waals surface area contributed by atoms with Crippen molar-refractivity contribution in [1.82, 2.24) is 4.98 Å². The molecule has 1 heterocycles. The molecule has 0 radical (unpaired) electrons. The SMILES string of the molecule is CCC(O)(c1cccnc1)C(c1ccccc1)C(Cl)Cl. The lowest BCUT2D eigenvalue weighted by Crippen LogP contribution is -2.36. The van der Waals surface area contributed by atoms with E-state index in [1.807, 2.05) is 43.3 Å². The molecular formula is C16H17Cl2NO. The fourth-order valence-electron chi connectivity index (χ4n) is 2.51. The monoisotopic (exact) mass is 309 g/mol. The van der Waals surface area contributed by atoms with Crippen molar-refractivity contribution in [2.24, 2.45) is 0 Å². The topological polar surface area (TPSA) is 33.1 Å². The van der Waals surface area contributed by atoms with E-state index in [-0.39, 0.29) is 0 Å².